The number of anilines is 2. The zero-order valence-corrected chi connectivity index (χ0v) is 22.4. The van der Waals surface area contributed by atoms with Gasteiger partial charge in [-0.25, -0.2) is 0 Å². The van der Waals surface area contributed by atoms with Crippen molar-refractivity contribution in [1.29, 1.82) is 0 Å². The van der Waals surface area contributed by atoms with E-state index in [-0.39, 0.29) is 17.5 Å². The smallest absolute Gasteiger partial charge is 0.238 e. The first-order chi connectivity index (χ1) is 19.4. The SMILES string of the molecule is Cc1ccc(C(=O)[C@@H]2[C@@H](C(=O)c3ccccc3)N3c4ccc(Cl)cc4C=C[C@@H]3[C@@]23C(=O)Nc2ccccc23)cc1. The Morgan fingerprint density at radius 2 is 1.55 bits per heavy atom. The number of nitrogens with zero attached hydrogens (tertiary/aromatic N) is 1. The van der Waals surface area contributed by atoms with E-state index in [4.69, 9.17) is 11.6 Å². The van der Waals surface area contributed by atoms with Gasteiger partial charge in [0, 0.05) is 27.5 Å². The van der Waals surface area contributed by atoms with Gasteiger partial charge in [-0.2, -0.15) is 0 Å². The number of carbonyl (C=O) groups excluding carboxylic acids is 3. The molecule has 6 heteroatoms. The van der Waals surface area contributed by atoms with E-state index in [1.165, 1.54) is 0 Å². The minimum Gasteiger partial charge on any atom is -0.352 e. The molecule has 3 aliphatic heterocycles. The van der Waals surface area contributed by atoms with E-state index in [0.717, 1.165) is 22.4 Å². The standard InChI is InChI=1S/C34H25ClN2O3/c1-20-11-13-22(14-12-20)31(38)29-30(32(39)21-7-3-2-4-8-21)37-27-17-16-24(35)19-23(27)15-18-28(37)34(29)25-9-5-6-10-26(25)36-33(34)40/h2-19,28-30H,1H3,(H,36,40)/t28-,29+,30+,34-/m1/s1. The molecule has 7 rings (SSSR count). The topological polar surface area (TPSA) is 66.5 Å². The third kappa shape index (κ3) is 3.37. The molecule has 5 nitrogen and oxygen atoms in total. The molecule has 0 radical (unpaired) electrons. The van der Waals surface area contributed by atoms with Crippen molar-refractivity contribution in [2.75, 3.05) is 10.2 Å². The van der Waals surface area contributed by atoms with E-state index >= 15 is 0 Å². The second-order valence-corrected chi connectivity index (χ2v) is 11.1. The summed E-state index contributed by atoms with van der Waals surface area (Å²) in [5, 5.41) is 3.62. The average molecular weight is 545 g/mol. The first kappa shape index (κ1) is 24.6. The summed E-state index contributed by atoms with van der Waals surface area (Å²) in [6, 6.07) is 27.8. The third-order valence-corrected chi connectivity index (χ3v) is 8.78. The molecule has 1 amide bonds. The van der Waals surface area contributed by atoms with Gasteiger partial charge in [-0.1, -0.05) is 102 Å². The van der Waals surface area contributed by atoms with Crippen LogP contribution in [0.4, 0.5) is 11.4 Å². The Balaban J connectivity index is 1.54. The highest BCUT2D eigenvalue weighted by Crippen LogP contribution is 2.58. The molecule has 0 aromatic heterocycles. The van der Waals surface area contributed by atoms with Gasteiger partial charge < -0.3 is 10.2 Å². The number of amides is 1. The molecule has 1 saturated heterocycles. The van der Waals surface area contributed by atoms with E-state index in [2.05, 4.69) is 5.32 Å². The summed E-state index contributed by atoms with van der Waals surface area (Å²) >= 11 is 6.36. The van der Waals surface area contributed by atoms with E-state index in [0.29, 0.717) is 21.8 Å². The van der Waals surface area contributed by atoms with Crippen LogP contribution < -0.4 is 10.2 Å². The minimum absolute atomic E-state index is 0.207. The Labute approximate surface area is 237 Å². The van der Waals surface area contributed by atoms with Crippen molar-refractivity contribution in [1.82, 2.24) is 0 Å². The predicted molar refractivity (Wildman–Crippen MR) is 157 cm³/mol. The monoisotopic (exact) mass is 544 g/mol. The van der Waals surface area contributed by atoms with Crippen LogP contribution in [0.15, 0.2) is 103 Å². The lowest BCUT2D eigenvalue weighted by molar-refractivity contribution is -0.121. The lowest BCUT2D eigenvalue weighted by atomic mass is 9.64. The molecule has 1 spiro atoms. The van der Waals surface area contributed by atoms with Gasteiger partial charge in [-0.05, 0) is 42.3 Å². The van der Waals surface area contributed by atoms with Crippen LogP contribution in [0.5, 0.6) is 0 Å². The largest absolute Gasteiger partial charge is 0.352 e. The van der Waals surface area contributed by atoms with Crippen molar-refractivity contribution >= 4 is 46.5 Å². The van der Waals surface area contributed by atoms with Gasteiger partial charge >= 0.3 is 0 Å². The van der Waals surface area contributed by atoms with E-state index in [9.17, 15) is 14.4 Å². The van der Waals surface area contributed by atoms with Gasteiger partial charge in [-0.15, -0.1) is 0 Å². The summed E-state index contributed by atoms with van der Waals surface area (Å²) in [6.45, 7) is 1.96. The quantitative estimate of drug-likeness (QED) is 0.298. The second kappa shape index (κ2) is 9.04. The number of nitrogens with one attached hydrogen (secondary N) is 1. The summed E-state index contributed by atoms with van der Waals surface area (Å²) in [5.74, 6) is -1.72. The van der Waals surface area contributed by atoms with Crippen molar-refractivity contribution in [3.05, 3.63) is 136 Å². The maximum absolute atomic E-state index is 14.7. The van der Waals surface area contributed by atoms with Crippen LogP contribution in [0.2, 0.25) is 5.02 Å². The molecular formula is C34H25ClN2O3. The Hall–Kier alpha value is -4.48. The van der Waals surface area contributed by atoms with E-state index < -0.39 is 23.4 Å². The van der Waals surface area contributed by atoms with Crippen LogP contribution in [-0.4, -0.2) is 29.6 Å². The van der Waals surface area contributed by atoms with Gasteiger partial charge in [0.1, 0.15) is 11.5 Å². The van der Waals surface area contributed by atoms with Crippen molar-refractivity contribution in [3.63, 3.8) is 0 Å². The van der Waals surface area contributed by atoms with Crippen LogP contribution in [0.1, 0.15) is 37.4 Å². The van der Waals surface area contributed by atoms with Crippen LogP contribution in [0.3, 0.4) is 0 Å². The number of halogens is 1. The number of aryl methyl sites for hydroxylation is 1. The van der Waals surface area contributed by atoms with Gasteiger partial charge in [-0.3, -0.25) is 14.4 Å². The molecule has 0 bridgehead atoms. The highest BCUT2D eigenvalue weighted by Gasteiger charge is 2.70. The first-order valence-electron chi connectivity index (χ1n) is 13.3. The number of rotatable bonds is 4. The summed E-state index contributed by atoms with van der Waals surface area (Å²) in [6.07, 6.45) is 3.90. The molecule has 1 fully saturated rings. The minimum atomic E-state index is -1.33. The van der Waals surface area contributed by atoms with Crippen LogP contribution in [0.25, 0.3) is 6.08 Å². The molecule has 40 heavy (non-hydrogen) atoms. The molecule has 3 aliphatic rings. The molecule has 196 valence electrons. The van der Waals surface area contributed by atoms with Crippen LogP contribution >= 0.6 is 11.6 Å². The molecule has 4 aromatic carbocycles. The molecule has 1 N–H and O–H groups in total. The average Bonchev–Trinajstić information content (AvgIpc) is 3.45. The number of benzene rings is 4. The summed E-state index contributed by atoms with van der Waals surface area (Å²) in [5.41, 5.74) is 3.64. The Kier molecular flexibility index (Phi) is 5.55. The number of hydrogen-bond acceptors (Lipinski definition) is 4. The number of fused-ring (bicyclic) bond motifs is 6. The van der Waals surface area contributed by atoms with Gasteiger partial charge in [0.15, 0.2) is 11.6 Å². The molecule has 4 atom stereocenters. The zero-order chi connectivity index (χ0) is 27.6. The molecular weight excluding hydrogens is 520 g/mol. The molecule has 0 unspecified atom stereocenters. The first-order valence-corrected chi connectivity index (χ1v) is 13.7. The fraction of sp³-hybridized carbons (Fsp3) is 0.147. The number of hydrogen-bond donors (Lipinski definition) is 1. The fourth-order valence-corrected chi connectivity index (χ4v) is 7.00. The van der Waals surface area contributed by atoms with E-state index in [1.807, 2.05) is 90.7 Å². The Morgan fingerprint density at radius 1 is 0.850 bits per heavy atom. The number of ketones is 2. The van der Waals surface area contributed by atoms with Crippen LogP contribution in [0, 0.1) is 12.8 Å². The van der Waals surface area contributed by atoms with Crippen molar-refractivity contribution in [2.45, 2.75) is 24.4 Å². The fourth-order valence-electron chi connectivity index (χ4n) is 6.82. The second-order valence-electron chi connectivity index (χ2n) is 10.7. The number of carbonyl (C=O) groups is 3. The van der Waals surface area contributed by atoms with Crippen LogP contribution in [-0.2, 0) is 10.2 Å². The number of Topliss-reactive ketones (excluding diaryl/α,β-unsaturated/α-hetero) is 2. The number of para-hydroxylation sites is 1. The van der Waals surface area contributed by atoms with Gasteiger partial charge in [0.2, 0.25) is 5.91 Å². The zero-order valence-electron chi connectivity index (χ0n) is 21.7. The molecule has 0 aliphatic carbocycles. The Bertz CT molecular complexity index is 1730. The summed E-state index contributed by atoms with van der Waals surface area (Å²) in [7, 11) is 0. The summed E-state index contributed by atoms with van der Waals surface area (Å²) < 4.78 is 0. The summed E-state index contributed by atoms with van der Waals surface area (Å²) in [4.78, 5) is 45.6. The Morgan fingerprint density at radius 3 is 2.33 bits per heavy atom. The maximum atomic E-state index is 14.7. The van der Waals surface area contributed by atoms with E-state index in [1.54, 1.807) is 30.3 Å². The highest BCUT2D eigenvalue weighted by atomic mass is 35.5. The van der Waals surface area contributed by atoms with Crippen molar-refractivity contribution in [2.24, 2.45) is 5.92 Å². The van der Waals surface area contributed by atoms with Gasteiger partial charge in [0.25, 0.3) is 0 Å². The van der Waals surface area contributed by atoms with Crippen molar-refractivity contribution < 1.29 is 14.4 Å². The highest BCUT2D eigenvalue weighted by molar-refractivity contribution is 6.31. The molecule has 0 saturated carbocycles. The predicted octanol–water partition coefficient (Wildman–Crippen LogP) is 6.50. The lowest BCUT2D eigenvalue weighted by Crippen LogP contribution is -2.51. The normalized spacial score (nSPS) is 23.9. The lowest BCUT2D eigenvalue weighted by Gasteiger charge is -2.37. The molecule has 3 heterocycles. The molecule has 4 aromatic rings. The third-order valence-electron chi connectivity index (χ3n) is 8.54. The van der Waals surface area contributed by atoms with Crippen molar-refractivity contribution in [3.8, 4) is 0 Å². The maximum Gasteiger partial charge on any atom is 0.238 e. The van der Waals surface area contributed by atoms with Gasteiger partial charge in [0.05, 0.1) is 12.0 Å².